The van der Waals surface area contributed by atoms with Crippen LogP contribution in [-0.4, -0.2) is 19.2 Å². The van der Waals surface area contributed by atoms with Gasteiger partial charge in [-0.05, 0) is 36.8 Å². The number of nitrogens with one attached hydrogen (secondary N) is 1. The third-order valence-electron chi connectivity index (χ3n) is 2.94. The molecule has 0 fully saturated rings. The molecule has 0 bridgehead atoms. The van der Waals surface area contributed by atoms with Crippen LogP contribution in [0.2, 0.25) is 0 Å². The lowest BCUT2D eigenvalue weighted by Crippen LogP contribution is -2.14. The van der Waals surface area contributed by atoms with Crippen molar-refractivity contribution in [2.75, 3.05) is 4.72 Å². The van der Waals surface area contributed by atoms with Crippen LogP contribution in [0, 0.1) is 6.92 Å². The van der Waals surface area contributed by atoms with Gasteiger partial charge < -0.3 is 0 Å². The Labute approximate surface area is 124 Å². The molecule has 0 aliphatic rings. The van der Waals surface area contributed by atoms with Gasteiger partial charge in [0.25, 0.3) is 10.0 Å². The summed E-state index contributed by atoms with van der Waals surface area (Å²) in [5.41, 5.74) is 1.29. The molecule has 0 aliphatic carbocycles. The predicted molar refractivity (Wildman–Crippen MR) is 80.8 cm³/mol. The van der Waals surface area contributed by atoms with Gasteiger partial charge in [-0.15, -0.1) is 0 Å². The van der Waals surface area contributed by atoms with E-state index in [-0.39, 0.29) is 16.5 Å². The first kappa shape index (κ1) is 15.2. The molecule has 0 saturated heterocycles. The first-order valence-electron chi connectivity index (χ1n) is 6.51. The third-order valence-corrected chi connectivity index (χ3v) is 4.29. The van der Waals surface area contributed by atoms with Crippen LogP contribution in [0.5, 0.6) is 0 Å². The summed E-state index contributed by atoms with van der Waals surface area (Å²) in [6.07, 6.45) is 1.86. The van der Waals surface area contributed by atoms with Crippen molar-refractivity contribution in [3.8, 4) is 0 Å². The van der Waals surface area contributed by atoms with Crippen LogP contribution >= 0.6 is 0 Å². The second-order valence-electron chi connectivity index (χ2n) is 4.63. The number of aryl methyl sites for hydroxylation is 1. The molecule has 0 unspecified atom stereocenters. The molecular formula is C15H16N2O3S. The van der Waals surface area contributed by atoms with Gasteiger partial charge in [0.15, 0.2) is 5.78 Å². The van der Waals surface area contributed by atoms with E-state index in [1.54, 1.807) is 31.2 Å². The van der Waals surface area contributed by atoms with Crippen LogP contribution < -0.4 is 4.72 Å². The van der Waals surface area contributed by atoms with Crippen LogP contribution in [-0.2, 0) is 10.0 Å². The molecule has 1 aromatic heterocycles. The Bertz CT molecular complexity index is 770. The summed E-state index contributed by atoms with van der Waals surface area (Å²) in [6.45, 7) is 3.58. The molecule has 5 nitrogen and oxygen atoms in total. The zero-order chi connectivity index (χ0) is 15.5. The highest BCUT2D eigenvalue weighted by atomic mass is 32.2. The molecular weight excluding hydrogens is 288 g/mol. The van der Waals surface area contributed by atoms with Gasteiger partial charge in [0.05, 0.1) is 4.90 Å². The number of nitrogens with zero attached hydrogens (tertiary/aromatic N) is 1. The second-order valence-corrected chi connectivity index (χ2v) is 6.31. The van der Waals surface area contributed by atoms with Gasteiger partial charge in [0.2, 0.25) is 0 Å². The lowest BCUT2D eigenvalue weighted by atomic mass is 10.1. The van der Waals surface area contributed by atoms with Crippen LogP contribution in [0.25, 0.3) is 0 Å². The molecule has 0 amide bonds. The van der Waals surface area contributed by atoms with Crippen molar-refractivity contribution >= 4 is 21.6 Å². The van der Waals surface area contributed by atoms with Crippen molar-refractivity contribution in [1.29, 1.82) is 0 Å². The maximum atomic E-state index is 12.3. The maximum Gasteiger partial charge on any atom is 0.263 e. The number of hydrogen-bond acceptors (Lipinski definition) is 4. The average Bonchev–Trinajstić information content (AvgIpc) is 2.46. The zero-order valence-electron chi connectivity index (χ0n) is 11.8. The van der Waals surface area contributed by atoms with Crippen molar-refractivity contribution in [3.05, 3.63) is 53.7 Å². The van der Waals surface area contributed by atoms with Crippen molar-refractivity contribution < 1.29 is 13.2 Å². The Morgan fingerprint density at radius 2 is 2.00 bits per heavy atom. The number of Topliss-reactive ketones (excluding diaryl/α,β-unsaturated/α-hetero) is 1. The summed E-state index contributed by atoms with van der Waals surface area (Å²) in [5.74, 6) is 0.156. The van der Waals surface area contributed by atoms with Crippen molar-refractivity contribution in [1.82, 2.24) is 4.98 Å². The lowest BCUT2D eigenvalue weighted by molar-refractivity contribution is 0.0988. The van der Waals surface area contributed by atoms with Gasteiger partial charge in [-0.2, -0.15) is 0 Å². The summed E-state index contributed by atoms with van der Waals surface area (Å²) >= 11 is 0. The molecule has 0 radical (unpaired) electrons. The van der Waals surface area contributed by atoms with Crippen LogP contribution in [0.15, 0.2) is 47.5 Å². The number of pyridine rings is 1. The number of anilines is 1. The molecule has 21 heavy (non-hydrogen) atoms. The first-order chi connectivity index (χ1) is 9.92. The minimum atomic E-state index is -3.76. The van der Waals surface area contributed by atoms with Gasteiger partial charge >= 0.3 is 0 Å². The number of rotatable bonds is 5. The highest BCUT2D eigenvalue weighted by Crippen LogP contribution is 2.17. The molecule has 2 aromatic rings. The smallest absolute Gasteiger partial charge is 0.263 e. The normalized spacial score (nSPS) is 11.1. The summed E-state index contributed by atoms with van der Waals surface area (Å²) < 4.78 is 27.0. The van der Waals surface area contributed by atoms with E-state index in [1.165, 1.54) is 18.3 Å². The Balaban J connectivity index is 2.33. The Hall–Kier alpha value is -2.21. The van der Waals surface area contributed by atoms with E-state index >= 15 is 0 Å². The van der Waals surface area contributed by atoms with Crippen LogP contribution in [0.3, 0.4) is 0 Å². The molecule has 0 saturated carbocycles. The van der Waals surface area contributed by atoms with Gasteiger partial charge in [0, 0.05) is 18.2 Å². The zero-order valence-corrected chi connectivity index (χ0v) is 12.6. The van der Waals surface area contributed by atoms with E-state index < -0.39 is 10.0 Å². The topological polar surface area (TPSA) is 76.1 Å². The molecule has 0 aliphatic heterocycles. The summed E-state index contributed by atoms with van der Waals surface area (Å²) in [6, 6.07) is 9.41. The van der Waals surface area contributed by atoms with E-state index in [4.69, 9.17) is 0 Å². The molecule has 0 spiro atoms. The Morgan fingerprint density at radius 3 is 2.67 bits per heavy atom. The van der Waals surface area contributed by atoms with E-state index in [1.807, 2.05) is 6.92 Å². The van der Waals surface area contributed by atoms with E-state index in [0.717, 1.165) is 5.56 Å². The third kappa shape index (κ3) is 3.66. The monoisotopic (exact) mass is 304 g/mol. The SMILES string of the molecule is CCC(=O)c1cccc(S(=O)(=O)Nc2cc(C)ccn2)c1. The number of carbonyl (C=O) groups is 1. The standard InChI is InChI=1S/C15H16N2O3S/c1-3-14(18)12-5-4-6-13(10-12)21(19,20)17-15-9-11(2)7-8-16-15/h4-10H,3H2,1-2H3,(H,16,17). The molecule has 1 N–H and O–H groups in total. The number of carbonyl (C=O) groups excluding carboxylic acids is 1. The van der Waals surface area contributed by atoms with Gasteiger partial charge in [-0.1, -0.05) is 19.1 Å². The van der Waals surface area contributed by atoms with Crippen molar-refractivity contribution in [2.45, 2.75) is 25.2 Å². The number of ketones is 1. The average molecular weight is 304 g/mol. The molecule has 0 atom stereocenters. The molecule has 1 aromatic carbocycles. The van der Waals surface area contributed by atoms with E-state index in [2.05, 4.69) is 9.71 Å². The first-order valence-corrected chi connectivity index (χ1v) is 7.99. The minimum Gasteiger partial charge on any atom is -0.294 e. The van der Waals surface area contributed by atoms with Crippen LogP contribution in [0.4, 0.5) is 5.82 Å². The van der Waals surface area contributed by atoms with Crippen molar-refractivity contribution in [2.24, 2.45) is 0 Å². The predicted octanol–water partition coefficient (Wildman–Crippen LogP) is 2.78. The number of hydrogen-bond donors (Lipinski definition) is 1. The maximum absolute atomic E-state index is 12.3. The van der Waals surface area contributed by atoms with E-state index in [9.17, 15) is 13.2 Å². The Kier molecular flexibility index (Phi) is 4.37. The summed E-state index contributed by atoms with van der Waals surface area (Å²) in [7, 11) is -3.76. The van der Waals surface area contributed by atoms with Crippen LogP contribution in [0.1, 0.15) is 29.3 Å². The lowest BCUT2D eigenvalue weighted by Gasteiger charge is -2.08. The second kappa shape index (κ2) is 6.05. The fourth-order valence-electron chi connectivity index (χ4n) is 1.83. The summed E-state index contributed by atoms with van der Waals surface area (Å²) in [5, 5.41) is 0. The number of benzene rings is 1. The van der Waals surface area contributed by atoms with Crippen molar-refractivity contribution in [3.63, 3.8) is 0 Å². The fourth-order valence-corrected chi connectivity index (χ4v) is 2.87. The number of aromatic nitrogens is 1. The highest BCUT2D eigenvalue weighted by molar-refractivity contribution is 7.92. The van der Waals surface area contributed by atoms with E-state index in [0.29, 0.717) is 12.0 Å². The number of sulfonamides is 1. The molecule has 2 rings (SSSR count). The quantitative estimate of drug-likeness (QED) is 0.862. The summed E-state index contributed by atoms with van der Waals surface area (Å²) in [4.78, 5) is 15.7. The van der Waals surface area contributed by atoms with Gasteiger partial charge in [-0.25, -0.2) is 13.4 Å². The Morgan fingerprint density at radius 1 is 1.24 bits per heavy atom. The fraction of sp³-hybridized carbons (Fsp3) is 0.200. The van der Waals surface area contributed by atoms with Gasteiger partial charge in [0.1, 0.15) is 5.82 Å². The minimum absolute atomic E-state index is 0.0464. The molecule has 6 heteroatoms. The molecule has 110 valence electrons. The largest absolute Gasteiger partial charge is 0.294 e. The highest BCUT2D eigenvalue weighted by Gasteiger charge is 2.16. The molecule has 1 heterocycles. The van der Waals surface area contributed by atoms with Gasteiger partial charge in [-0.3, -0.25) is 9.52 Å².